The maximum Gasteiger partial charge on any atom is 0.242 e. The number of likely N-dealkylation sites (tertiary alicyclic amines) is 1. The predicted octanol–water partition coefficient (Wildman–Crippen LogP) is 1.97. The van der Waals surface area contributed by atoms with Crippen molar-refractivity contribution in [3.8, 4) is 0 Å². The number of piperidine rings is 1. The first-order chi connectivity index (χ1) is 12.8. The van der Waals surface area contributed by atoms with Crippen molar-refractivity contribution in [2.24, 2.45) is 11.7 Å². The normalized spacial score (nSPS) is 20.3. The quantitative estimate of drug-likeness (QED) is 0.707. The Kier molecular flexibility index (Phi) is 8.26. The van der Waals surface area contributed by atoms with Gasteiger partial charge in [0.25, 0.3) is 0 Å². The summed E-state index contributed by atoms with van der Waals surface area (Å²) >= 11 is 1.83. The van der Waals surface area contributed by atoms with Gasteiger partial charge in [0.05, 0.1) is 0 Å². The second-order valence-corrected chi connectivity index (χ2v) is 9.19. The monoisotopic (exact) mass is 394 g/mol. The van der Waals surface area contributed by atoms with E-state index in [1.54, 1.807) is 11.8 Å². The molecule has 0 radical (unpaired) electrons. The first-order valence-corrected chi connectivity index (χ1v) is 10.7. The van der Waals surface area contributed by atoms with Crippen LogP contribution in [0.25, 0.3) is 0 Å². The number of carbonyl (C=O) groups is 2. The van der Waals surface area contributed by atoms with Crippen LogP contribution >= 0.6 is 11.3 Å². The highest BCUT2D eigenvalue weighted by Crippen LogP contribution is 2.26. The van der Waals surface area contributed by atoms with Crippen LogP contribution in [0, 0.1) is 12.8 Å². The highest BCUT2D eigenvalue weighted by atomic mass is 32.1. The molecule has 152 valence electrons. The number of hydrogen-bond acceptors (Lipinski definition) is 5. The number of nitrogens with zero attached hydrogens (tertiary/aromatic N) is 2. The zero-order valence-corrected chi connectivity index (χ0v) is 17.8. The average Bonchev–Trinajstić information content (AvgIpc) is 3.03. The van der Waals surface area contributed by atoms with Crippen molar-refractivity contribution in [2.45, 2.75) is 59.2 Å². The molecule has 2 heterocycles. The molecule has 0 spiro atoms. The zero-order chi connectivity index (χ0) is 20.0. The minimum atomic E-state index is -0.410. The van der Waals surface area contributed by atoms with Crippen LogP contribution in [0.1, 0.15) is 43.4 Å². The molecule has 3 N–H and O–H groups in total. The van der Waals surface area contributed by atoms with Gasteiger partial charge in [-0.15, -0.1) is 11.3 Å². The van der Waals surface area contributed by atoms with Gasteiger partial charge in [0.2, 0.25) is 11.8 Å². The number of nitrogens with one attached hydrogen (secondary N) is 1. The lowest BCUT2D eigenvalue weighted by Crippen LogP contribution is -2.57. The summed E-state index contributed by atoms with van der Waals surface area (Å²) in [5.74, 6) is 0.420. The largest absolute Gasteiger partial charge is 0.353 e. The molecular weight excluding hydrogens is 360 g/mol. The highest BCUT2D eigenvalue weighted by Gasteiger charge is 2.37. The van der Waals surface area contributed by atoms with Crippen LogP contribution in [-0.2, 0) is 16.1 Å². The van der Waals surface area contributed by atoms with Crippen LogP contribution in [0.3, 0.4) is 0 Å². The third kappa shape index (κ3) is 6.30. The van der Waals surface area contributed by atoms with E-state index in [-0.39, 0.29) is 11.8 Å². The molecule has 27 heavy (non-hydrogen) atoms. The average molecular weight is 395 g/mol. The van der Waals surface area contributed by atoms with E-state index in [0.717, 1.165) is 19.5 Å². The number of amides is 2. The summed E-state index contributed by atoms with van der Waals surface area (Å²) in [6, 6.07) is 4.24. The van der Waals surface area contributed by atoms with Crippen molar-refractivity contribution in [2.75, 3.05) is 26.2 Å². The minimum absolute atomic E-state index is 0.0364. The molecule has 0 saturated carbocycles. The Morgan fingerprint density at radius 1 is 1.41 bits per heavy atom. The fourth-order valence-electron chi connectivity index (χ4n) is 3.80. The van der Waals surface area contributed by atoms with Gasteiger partial charge >= 0.3 is 0 Å². The molecule has 1 aliphatic heterocycles. The maximum atomic E-state index is 12.6. The molecule has 0 aromatic carbocycles. The summed E-state index contributed by atoms with van der Waals surface area (Å²) < 4.78 is 0. The van der Waals surface area contributed by atoms with Gasteiger partial charge in [-0.3, -0.25) is 14.5 Å². The number of thiophene rings is 1. The molecule has 1 saturated heterocycles. The smallest absolute Gasteiger partial charge is 0.242 e. The van der Waals surface area contributed by atoms with Crippen LogP contribution in [0.4, 0.5) is 0 Å². The molecule has 1 unspecified atom stereocenters. The van der Waals surface area contributed by atoms with Gasteiger partial charge < -0.3 is 16.0 Å². The molecule has 6 nitrogen and oxygen atoms in total. The van der Waals surface area contributed by atoms with E-state index in [2.05, 4.69) is 43.1 Å². The molecule has 1 aromatic heterocycles. The lowest BCUT2D eigenvalue weighted by molar-refractivity contribution is -0.142. The summed E-state index contributed by atoms with van der Waals surface area (Å²) in [4.78, 5) is 31.6. The number of hydrogen-bond donors (Lipinski definition) is 2. The second kappa shape index (κ2) is 10.2. The second-order valence-electron chi connectivity index (χ2n) is 7.82. The third-order valence-electron chi connectivity index (χ3n) is 5.00. The van der Waals surface area contributed by atoms with E-state index in [1.807, 2.05) is 11.3 Å². The number of carbonyl (C=O) groups excluding carboxylic acids is 2. The van der Waals surface area contributed by atoms with E-state index in [0.29, 0.717) is 38.0 Å². The third-order valence-corrected chi connectivity index (χ3v) is 5.98. The fourth-order valence-corrected chi connectivity index (χ4v) is 4.72. The molecule has 2 rings (SSSR count). The summed E-state index contributed by atoms with van der Waals surface area (Å²) in [6.45, 7) is 11.5. The van der Waals surface area contributed by atoms with Crippen molar-refractivity contribution < 1.29 is 9.59 Å². The number of nitrogens with two attached hydrogens (primary N) is 1. The fraction of sp³-hybridized carbons (Fsp3) is 0.700. The summed E-state index contributed by atoms with van der Waals surface area (Å²) in [7, 11) is 0. The topological polar surface area (TPSA) is 78.7 Å². The standard InChI is InChI=1S/C20H34N4O2S/c1-14(2)12-23(13-18-6-5-15(3)27-18)17-7-10-24(16(4)25)19(11-17)20(26)22-9-8-21/h5-6,14,17,19H,7-13,21H2,1-4H3,(H,22,26)/t17?,19-/m1/s1. The Balaban J connectivity index is 2.14. The SMILES string of the molecule is CC(=O)N1CCC(N(Cc2ccc(C)s2)CC(C)C)C[C@@H]1C(=O)NCCN. The Morgan fingerprint density at radius 2 is 2.15 bits per heavy atom. The molecule has 1 aliphatic rings. The van der Waals surface area contributed by atoms with E-state index in [1.165, 1.54) is 9.75 Å². The first kappa shape index (κ1) is 21.9. The molecule has 2 atom stereocenters. The first-order valence-electron chi connectivity index (χ1n) is 9.86. The molecule has 2 amide bonds. The Bertz CT molecular complexity index is 631. The zero-order valence-electron chi connectivity index (χ0n) is 17.0. The molecule has 7 heteroatoms. The van der Waals surface area contributed by atoms with Gasteiger partial charge in [0, 0.05) is 55.4 Å². The van der Waals surface area contributed by atoms with E-state index < -0.39 is 6.04 Å². The summed E-state index contributed by atoms with van der Waals surface area (Å²) in [5, 5.41) is 2.87. The van der Waals surface area contributed by atoms with Crippen LogP contribution in [-0.4, -0.2) is 59.9 Å². The van der Waals surface area contributed by atoms with Crippen molar-refractivity contribution >= 4 is 23.2 Å². The van der Waals surface area contributed by atoms with Crippen molar-refractivity contribution in [3.05, 3.63) is 21.9 Å². The van der Waals surface area contributed by atoms with E-state index in [4.69, 9.17) is 5.73 Å². The lowest BCUT2D eigenvalue weighted by atomic mass is 9.94. The number of aryl methyl sites for hydroxylation is 1. The van der Waals surface area contributed by atoms with E-state index >= 15 is 0 Å². The van der Waals surface area contributed by atoms with Crippen molar-refractivity contribution in [3.63, 3.8) is 0 Å². The van der Waals surface area contributed by atoms with Crippen molar-refractivity contribution in [1.82, 2.24) is 15.1 Å². The molecular formula is C20H34N4O2S. The Labute approximate surface area is 167 Å². The molecule has 1 aromatic rings. The van der Waals surface area contributed by atoms with Gasteiger partial charge in [-0.05, 0) is 37.8 Å². The highest BCUT2D eigenvalue weighted by molar-refractivity contribution is 7.11. The van der Waals surface area contributed by atoms with Crippen molar-refractivity contribution in [1.29, 1.82) is 0 Å². The van der Waals surface area contributed by atoms with Crippen LogP contribution in [0.15, 0.2) is 12.1 Å². The molecule has 0 aliphatic carbocycles. The predicted molar refractivity (Wildman–Crippen MR) is 111 cm³/mol. The van der Waals surface area contributed by atoms with Gasteiger partial charge in [-0.1, -0.05) is 13.8 Å². The van der Waals surface area contributed by atoms with Gasteiger partial charge in [-0.2, -0.15) is 0 Å². The summed E-state index contributed by atoms with van der Waals surface area (Å²) in [5.41, 5.74) is 5.52. The molecule has 0 bridgehead atoms. The minimum Gasteiger partial charge on any atom is -0.353 e. The van der Waals surface area contributed by atoms with Gasteiger partial charge in [0.1, 0.15) is 6.04 Å². The van der Waals surface area contributed by atoms with E-state index in [9.17, 15) is 9.59 Å². The van der Waals surface area contributed by atoms with Gasteiger partial charge in [-0.25, -0.2) is 0 Å². The summed E-state index contributed by atoms with van der Waals surface area (Å²) in [6.07, 6.45) is 1.57. The lowest BCUT2D eigenvalue weighted by Gasteiger charge is -2.43. The van der Waals surface area contributed by atoms with Crippen LogP contribution < -0.4 is 11.1 Å². The number of rotatable bonds is 8. The Morgan fingerprint density at radius 3 is 2.70 bits per heavy atom. The van der Waals surface area contributed by atoms with Crippen LogP contribution in [0.2, 0.25) is 0 Å². The van der Waals surface area contributed by atoms with Crippen LogP contribution in [0.5, 0.6) is 0 Å². The van der Waals surface area contributed by atoms with Gasteiger partial charge in [0.15, 0.2) is 0 Å². The molecule has 1 fully saturated rings. The Hall–Kier alpha value is -1.44. The maximum absolute atomic E-state index is 12.6.